The molecule has 1 aliphatic rings. The number of carboxylic acid groups (broad SMARTS) is 1. The molecule has 0 aromatic heterocycles. The van der Waals surface area contributed by atoms with E-state index in [2.05, 4.69) is 5.32 Å². The van der Waals surface area contributed by atoms with E-state index in [4.69, 9.17) is 16.7 Å². The Bertz CT molecular complexity index is 594. The second-order valence-electron chi connectivity index (χ2n) is 4.43. The number of benzene rings is 1. The highest BCUT2D eigenvalue weighted by Gasteiger charge is 2.21. The normalized spacial score (nSPS) is 14.3. The van der Waals surface area contributed by atoms with Crippen molar-refractivity contribution in [1.82, 2.24) is 4.90 Å². The van der Waals surface area contributed by atoms with Crippen LogP contribution in [0.3, 0.4) is 0 Å². The number of aromatic carboxylic acids is 1. The van der Waals surface area contributed by atoms with Crippen molar-refractivity contribution in [2.24, 2.45) is 0 Å². The molecule has 0 spiro atoms. The van der Waals surface area contributed by atoms with Crippen molar-refractivity contribution in [3.8, 4) is 0 Å². The molecule has 0 aliphatic carbocycles. The van der Waals surface area contributed by atoms with E-state index in [9.17, 15) is 14.4 Å². The molecule has 1 aliphatic heterocycles. The van der Waals surface area contributed by atoms with Crippen LogP contribution in [0.15, 0.2) is 18.2 Å². The molecule has 6 nitrogen and oxygen atoms in total. The van der Waals surface area contributed by atoms with Gasteiger partial charge in [0.25, 0.3) is 5.24 Å². The monoisotopic (exact) mass is 328 g/mol. The Hall–Kier alpha value is -1.73. The molecule has 1 fully saturated rings. The molecule has 0 saturated carbocycles. The number of carboxylic acids is 1. The summed E-state index contributed by atoms with van der Waals surface area (Å²) in [5.74, 6) is -0.664. The Balaban J connectivity index is 1.93. The van der Waals surface area contributed by atoms with Crippen molar-refractivity contribution in [2.75, 3.05) is 24.2 Å². The summed E-state index contributed by atoms with van der Waals surface area (Å²) in [5.41, 5.74) is 0.330. The zero-order chi connectivity index (χ0) is 15.4. The van der Waals surface area contributed by atoms with Gasteiger partial charge < -0.3 is 15.3 Å². The minimum absolute atomic E-state index is 0.00363. The first-order chi connectivity index (χ1) is 9.95. The molecule has 0 atom stereocenters. The lowest BCUT2D eigenvalue weighted by Gasteiger charge is -2.14. The Morgan fingerprint density at radius 1 is 1.38 bits per heavy atom. The Labute approximate surface area is 130 Å². The van der Waals surface area contributed by atoms with Gasteiger partial charge in [0.2, 0.25) is 5.91 Å². The zero-order valence-corrected chi connectivity index (χ0v) is 12.5. The third-order valence-corrected chi connectivity index (χ3v) is 3.99. The van der Waals surface area contributed by atoms with Crippen LogP contribution in [-0.4, -0.2) is 46.0 Å². The third-order valence-electron chi connectivity index (χ3n) is 2.88. The Morgan fingerprint density at radius 3 is 2.76 bits per heavy atom. The van der Waals surface area contributed by atoms with Gasteiger partial charge in [0.05, 0.1) is 5.56 Å². The van der Waals surface area contributed by atoms with Gasteiger partial charge in [-0.15, -0.1) is 0 Å². The smallest absolute Gasteiger partial charge is 0.335 e. The van der Waals surface area contributed by atoms with E-state index in [1.165, 1.54) is 30.0 Å². The molecule has 1 aromatic rings. The van der Waals surface area contributed by atoms with Crippen molar-refractivity contribution in [1.29, 1.82) is 0 Å². The van der Waals surface area contributed by atoms with Crippen molar-refractivity contribution < 1.29 is 19.5 Å². The summed E-state index contributed by atoms with van der Waals surface area (Å²) in [6.07, 6.45) is 0.154. The molecule has 8 heteroatoms. The molecule has 0 unspecified atom stereocenters. The van der Waals surface area contributed by atoms with Gasteiger partial charge in [0.1, 0.15) is 0 Å². The van der Waals surface area contributed by atoms with Gasteiger partial charge in [-0.05, 0) is 18.2 Å². The summed E-state index contributed by atoms with van der Waals surface area (Å²) in [4.78, 5) is 35.7. The number of nitrogens with one attached hydrogen (secondary N) is 1. The number of halogens is 1. The lowest BCUT2D eigenvalue weighted by Crippen LogP contribution is -2.27. The van der Waals surface area contributed by atoms with Crippen LogP contribution >= 0.6 is 23.4 Å². The Kier molecular flexibility index (Phi) is 5.08. The number of carbonyl (C=O) groups is 3. The fourth-order valence-corrected chi connectivity index (χ4v) is 2.96. The van der Waals surface area contributed by atoms with Crippen LogP contribution in [0, 0.1) is 0 Å². The highest BCUT2D eigenvalue weighted by atomic mass is 35.5. The van der Waals surface area contributed by atoms with Crippen molar-refractivity contribution in [2.45, 2.75) is 6.42 Å². The van der Waals surface area contributed by atoms with Crippen LogP contribution in [0.25, 0.3) is 0 Å². The number of hydrogen-bond donors (Lipinski definition) is 2. The van der Waals surface area contributed by atoms with Crippen LogP contribution in [0.2, 0.25) is 5.02 Å². The number of carbonyl (C=O) groups excluding carboxylic acids is 2. The summed E-state index contributed by atoms with van der Waals surface area (Å²) < 4.78 is 0. The molecule has 21 heavy (non-hydrogen) atoms. The van der Waals surface area contributed by atoms with Gasteiger partial charge in [-0.3, -0.25) is 9.59 Å². The Morgan fingerprint density at radius 2 is 2.14 bits per heavy atom. The maximum absolute atomic E-state index is 11.8. The van der Waals surface area contributed by atoms with E-state index in [1.54, 1.807) is 4.90 Å². The van der Waals surface area contributed by atoms with Crippen molar-refractivity contribution in [3.63, 3.8) is 0 Å². The number of amides is 2. The van der Waals surface area contributed by atoms with E-state index in [1.807, 2.05) is 0 Å². The fraction of sp³-hybridized carbons (Fsp3) is 0.308. The van der Waals surface area contributed by atoms with E-state index >= 15 is 0 Å². The second-order valence-corrected chi connectivity index (χ2v) is 5.92. The van der Waals surface area contributed by atoms with Crippen molar-refractivity contribution >= 4 is 46.2 Å². The molecule has 2 N–H and O–H groups in total. The van der Waals surface area contributed by atoms with E-state index in [0.717, 1.165) is 5.75 Å². The minimum atomic E-state index is -1.12. The van der Waals surface area contributed by atoms with E-state index < -0.39 is 5.97 Å². The molecule has 2 rings (SSSR count). The predicted octanol–water partition coefficient (Wildman–Crippen LogP) is 2.54. The second kappa shape index (κ2) is 6.82. The van der Waals surface area contributed by atoms with Gasteiger partial charge in [-0.1, -0.05) is 23.4 Å². The van der Waals surface area contributed by atoms with Gasteiger partial charge in [0.15, 0.2) is 0 Å². The molecular formula is C13H13ClN2O4S. The predicted molar refractivity (Wildman–Crippen MR) is 81.1 cm³/mol. The molecule has 1 heterocycles. The minimum Gasteiger partial charge on any atom is -0.478 e. The topological polar surface area (TPSA) is 86.7 Å². The number of nitrogens with zero attached hydrogens (tertiary/aromatic N) is 1. The van der Waals surface area contributed by atoms with Crippen LogP contribution in [0.4, 0.5) is 10.5 Å². The molecular weight excluding hydrogens is 316 g/mol. The first-order valence-corrected chi connectivity index (χ1v) is 7.57. The standard InChI is InChI=1S/C13H13ClN2O4S/c14-9-5-8(12(18)19)6-10(7-9)15-11(17)1-2-16-3-4-21-13(16)20/h5-7H,1-4H2,(H,15,17)(H,18,19). The highest BCUT2D eigenvalue weighted by Crippen LogP contribution is 2.20. The van der Waals surface area contributed by atoms with Crippen LogP contribution in [0.5, 0.6) is 0 Å². The summed E-state index contributed by atoms with van der Waals surface area (Å²) in [5, 5.41) is 11.7. The van der Waals surface area contributed by atoms with E-state index in [0.29, 0.717) is 18.8 Å². The summed E-state index contributed by atoms with van der Waals surface area (Å²) >= 11 is 7.05. The lowest BCUT2D eigenvalue weighted by atomic mass is 10.2. The van der Waals surface area contributed by atoms with Crippen LogP contribution < -0.4 is 5.32 Å². The first-order valence-electron chi connectivity index (χ1n) is 6.21. The summed E-state index contributed by atoms with van der Waals surface area (Å²) in [6, 6.07) is 4.12. The molecule has 1 aromatic carbocycles. The van der Waals surface area contributed by atoms with Gasteiger partial charge in [0, 0.05) is 36.0 Å². The van der Waals surface area contributed by atoms with Crippen molar-refractivity contribution in [3.05, 3.63) is 28.8 Å². The number of hydrogen-bond acceptors (Lipinski definition) is 4. The van der Waals surface area contributed by atoms with Crippen LogP contribution in [-0.2, 0) is 4.79 Å². The maximum Gasteiger partial charge on any atom is 0.335 e. The molecule has 112 valence electrons. The molecule has 2 amide bonds. The average molecular weight is 329 g/mol. The van der Waals surface area contributed by atoms with Gasteiger partial charge in [-0.2, -0.15) is 0 Å². The number of rotatable bonds is 5. The maximum atomic E-state index is 11.8. The van der Waals surface area contributed by atoms with Gasteiger partial charge >= 0.3 is 5.97 Å². The first kappa shape index (κ1) is 15.7. The number of thioether (sulfide) groups is 1. The quantitative estimate of drug-likeness (QED) is 0.867. The lowest BCUT2D eigenvalue weighted by molar-refractivity contribution is -0.116. The fourth-order valence-electron chi connectivity index (χ4n) is 1.87. The third kappa shape index (κ3) is 4.37. The summed E-state index contributed by atoms with van der Waals surface area (Å²) in [6.45, 7) is 1.00. The van der Waals surface area contributed by atoms with Gasteiger partial charge in [-0.25, -0.2) is 4.79 Å². The average Bonchev–Trinajstić information content (AvgIpc) is 2.81. The summed E-state index contributed by atoms with van der Waals surface area (Å²) in [7, 11) is 0. The molecule has 0 bridgehead atoms. The zero-order valence-electron chi connectivity index (χ0n) is 11.0. The van der Waals surface area contributed by atoms with Crippen LogP contribution in [0.1, 0.15) is 16.8 Å². The highest BCUT2D eigenvalue weighted by molar-refractivity contribution is 8.13. The molecule has 1 saturated heterocycles. The SMILES string of the molecule is O=C(CCN1CCSC1=O)Nc1cc(Cl)cc(C(=O)O)c1. The van der Waals surface area contributed by atoms with E-state index in [-0.39, 0.29) is 28.2 Å². The molecule has 0 radical (unpaired) electrons. The largest absolute Gasteiger partial charge is 0.478 e. The number of anilines is 1.